The Morgan fingerprint density at radius 3 is 2.74 bits per heavy atom. The van der Waals surface area contributed by atoms with E-state index in [1.165, 1.54) is 0 Å². The summed E-state index contributed by atoms with van der Waals surface area (Å²) >= 11 is 6.08. The molecule has 0 radical (unpaired) electrons. The second kappa shape index (κ2) is 7.55. The maximum Gasteiger partial charge on any atom is 0.272 e. The van der Waals surface area contributed by atoms with Gasteiger partial charge in [-0.15, -0.1) is 0 Å². The number of aromatic nitrogens is 2. The van der Waals surface area contributed by atoms with Crippen molar-refractivity contribution in [1.29, 1.82) is 0 Å². The highest BCUT2D eigenvalue weighted by Crippen LogP contribution is 2.25. The minimum Gasteiger partial charge on any atom is -0.370 e. The van der Waals surface area contributed by atoms with Gasteiger partial charge in [-0.05, 0) is 23.8 Å². The van der Waals surface area contributed by atoms with Gasteiger partial charge in [0.05, 0.1) is 18.8 Å². The molecule has 0 saturated carbocycles. The number of carbonyl (C=O) groups excluding carboxylic acids is 1. The average Bonchev–Trinajstić information content (AvgIpc) is 3.10. The Morgan fingerprint density at radius 2 is 1.96 bits per heavy atom. The number of hydrogen-bond donors (Lipinski definition) is 0. The number of amides is 1. The third-order valence-electron chi connectivity index (χ3n) is 4.74. The molecule has 1 aromatic heterocycles. The molecule has 1 amide bonds. The van der Waals surface area contributed by atoms with Crippen LogP contribution in [0.2, 0.25) is 5.02 Å². The molecule has 5 nitrogen and oxygen atoms in total. The summed E-state index contributed by atoms with van der Waals surface area (Å²) in [5, 5.41) is 5.14. The molecule has 2 heterocycles. The predicted molar refractivity (Wildman–Crippen MR) is 105 cm³/mol. The van der Waals surface area contributed by atoms with Crippen LogP contribution in [-0.4, -0.2) is 40.3 Å². The van der Waals surface area contributed by atoms with E-state index in [4.69, 9.17) is 16.3 Å². The molecule has 6 heteroatoms. The Labute approximate surface area is 163 Å². The van der Waals surface area contributed by atoms with E-state index < -0.39 is 0 Å². The minimum atomic E-state index is -0.107. The summed E-state index contributed by atoms with van der Waals surface area (Å²) in [6, 6.07) is 19.3. The van der Waals surface area contributed by atoms with Crippen LogP contribution in [0.15, 0.2) is 60.7 Å². The summed E-state index contributed by atoms with van der Waals surface area (Å²) in [5.74, 6) is -0.0393. The Kier molecular flexibility index (Phi) is 4.97. The zero-order chi connectivity index (χ0) is 18.8. The normalized spacial score (nSPS) is 17.1. The zero-order valence-electron chi connectivity index (χ0n) is 15.0. The van der Waals surface area contributed by atoms with Gasteiger partial charge in [0.1, 0.15) is 11.8 Å². The van der Waals surface area contributed by atoms with Crippen molar-refractivity contribution in [3.8, 4) is 11.3 Å². The van der Waals surface area contributed by atoms with Crippen LogP contribution < -0.4 is 0 Å². The molecule has 0 unspecified atom stereocenters. The van der Waals surface area contributed by atoms with Gasteiger partial charge in [-0.3, -0.25) is 9.48 Å². The Hall–Kier alpha value is -2.63. The van der Waals surface area contributed by atoms with E-state index in [1.807, 2.05) is 65.6 Å². The predicted octanol–water partition coefficient (Wildman–Crippen LogP) is 3.95. The Bertz CT molecular complexity index is 955. The van der Waals surface area contributed by atoms with Gasteiger partial charge in [-0.2, -0.15) is 5.10 Å². The number of aryl methyl sites for hydroxylation is 1. The van der Waals surface area contributed by atoms with Crippen LogP contribution in [0, 0.1) is 0 Å². The second-order valence-corrected chi connectivity index (χ2v) is 7.01. The molecule has 1 saturated heterocycles. The van der Waals surface area contributed by atoms with E-state index in [-0.39, 0.29) is 12.0 Å². The number of morpholine rings is 1. The maximum absolute atomic E-state index is 13.1. The molecule has 27 heavy (non-hydrogen) atoms. The van der Waals surface area contributed by atoms with Crippen molar-refractivity contribution in [1.82, 2.24) is 14.7 Å². The molecular weight excluding hydrogens is 362 g/mol. The van der Waals surface area contributed by atoms with E-state index in [1.54, 1.807) is 11.7 Å². The largest absolute Gasteiger partial charge is 0.370 e. The molecule has 0 spiro atoms. The molecule has 4 rings (SSSR count). The molecule has 3 aromatic rings. The molecule has 0 bridgehead atoms. The van der Waals surface area contributed by atoms with Gasteiger partial charge in [0.25, 0.3) is 5.91 Å². The van der Waals surface area contributed by atoms with E-state index in [0.717, 1.165) is 16.8 Å². The lowest BCUT2D eigenvalue weighted by Crippen LogP contribution is -2.42. The third-order valence-corrected chi connectivity index (χ3v) is 4.98. The van der Waals surface area contributed by atoms with Gasteiger partial charge in [0, 0.05) is 24.2 Å². The van der Waals surface area contributed by atoms with Gasteiger partial charge >= 0.3 is 0 Å². The minimum absolute atomic E-state index is 0.0393. The van der Waals surface area contributed by atoms with Gasteiger partial charge in [-0.1, -0.05) is 54.1 Å². The maximum atomic E-state index is 13.1. The fraction of sp³-hybridized carbons (Fsp3) is 0.238. The highest BCUT2D eigenvalue weighted by Gasteiger charge is 2.28. The SMILES string of the molecule is Cn1nc(-c2cccc(Cl)c2)cc1C(=O)N1CCO[C@@H](c2ccccc2)C1. The first kappa shape index (κ1) is 17.8. The van der Waals surface area contributed by atoms with Gasteiger partial charge in [-0.25, -0.2) is 0 Å². The highest BCUT2D eigenvalue weighted by molar-refractivity contribution is 6.30. The number of carbonyl (C=O) groups is 1. The summed E-state index contributed by atoms with van der Waals surface area (Å²) in [5.41, 5.74) is 3.26. The molecule has 1 aliphatic heterocycles. The topological polar surface area (TPSA) is 47.4 Å². The van der Waals surface area contributed by atoms with Crippen LogP contribution in [-0.2, 0) is 11.8 Å². The highest BCUT2D eigenvalue weighted by atomic mass is 35.5. The van der Waals surface area contributed by atoms with Crippen molar-refractivity contribution < 1.29 is 9.53 Å². The number of benzene rings is 2. The molecule has 1 atom stereocenters. The van der Waals surface area contributed by atoms with Crippen molar-refractivity contribution in [2.24, 2.45) is 7.05 Å². The van der Waals surface area contributed by atoms with Gasteiger partial charge < -0.3 is 9.64 Å². The van der Waals surface area contributed by atoms with Gasteiger partial charge in [0.2, 0.25) is 0 Å². The monoisotopic (exact) mass is 381 g/mol. The molecule has 2 aromatic carbocycles. The summed E-state index contributed by atoms with van der Waals surface area (Å²) in [6.07, 6.45) is -0.107. The quantitative estimate of drug-likeness (QED) is 0.690. The first-order valence-electron chi connectivity index (χ1n) is 8.87. The van der Waals surface area contributed by atoms with E-state index in [9.17, 15) is 4.79 Å². The first-order valence-corrected chi connectivity index (χ1v) is 9.25. The lowest BCUT2D eigenvalue weighted by atomic mass is 10.1. The second-order valence-electron chi connectivity index (χ2n) is 6.57. The Morgan fingerprint density at radius 1 is 1.15 bits per heavy atom. The van der Waals surface area contributed by atoms with E-state index >= 15 is 0 Å². The fourth-order valence-corrected chi connectivity index (χ4v) is 3.51. The standard InChI is InChI=1S/C21H20ClN3O2/c1-24-19(13-18(23-24)16-8-5-9-17(22)12-16)21(26)25-10-11-27-20(14-25)15-6-3-2-4-7-15/h2-9,12-13,20H,10-11,14H2,1H3/t20-/m1/s1. The van der Waals surface area contributed by atoms with Crippen molar-refractivity contribution >= 4 is 17.5 Å². The fourth-order valence-electron chi connectivity index (χ4n) is 3.32. The summed E-state index contributed by atoms with van der Waals surface area (Å²) < 4.78 is 7.50. The van der Waals surface area contributed by atoms with Crippen LogP contribution in [0.5, 0.6) is 0 Å². The van der Waals surface area contributed by atoms with Gasteiger partial charge in [0.15, 0.2) is 0 Å². The summed E-state index contributed by atoms with van der Waals surface area (Å²) in [4.78, 5) is 14.9. The van der Waals surface area contributed by atoms with Crippen molar-refractivity contribution in [2.45, 2.75) is 6.10 Å². The molecule has 138 valence electrons. The van der Waals surface area contributed by atoms with Crippen LogP contribution in [0.25, 0.3) is 11.3 Å². The third kappa shape index (κ3) is 3.75. The van der Waals surface area contributed by atoms with E-state index in [0.29, 0.717) is 30.4 Å². The first-order chi connectivity index (χ1) is 13.1. The van der Waals surface area contributed by atoms with Crippen molar-refractivity contribution in [3.63, 3.8) is 0 Å². The smallest absolute Gasteiger partial charge is 0.272 e. The van der Waals surface area contributed by atoms with Crippen LogP contribution >= 0.6 is 11.6 Å². The summed E-state index contributed by atoms with van der Waals surface area (Å²) in [7, 11) is 1.79. The molecule has 1 fully saturated rings. The number of ether oxygens (including phenoxy) is 1. The summed E-state index contributed by atoms with van der Waals surface area (Å²) in [6.45, 7) is 1.62. The average molecular weight is 382 g/mol. The van der Waals surface area contributed by atoms with E-state index in [2.05, 4.69) is 5.10 Å². The van der Waals surface area contributed by atoms with Crippen molar-refractivity contribution in [2.75, 3.05) is 19.7 Å². The number of rotatable bonds is 3. The molecular formula is C21H20ClN3O2. The molecule has 0 N–H and O–H groups in total. The zero-order valence-corrected chi connectivity index (χ0v) is 15.8. The molecule has 0 aliphatic carbocycles. The Balaban J connectivity index is 1.56. The van der Waals surface area contributed by atoms with Crippen LogP contribution in [0.4, 0.5) is 0 Å². The number of nitrogens with zero attached hydrogens (tertiary/aromatic N) is 3. The molecule has 1 aliphatic rings. The van der Waals surface area contributed by atoms with Crippen LogP contribution in [0.1, 0.15) is 22.2 Å². The van der Waals surface area contributed by atoms with Crippen molar-refractivity contribution in [3.05, 3.63) is 76.9 Å². The number of halogens is 1. The lowest BCUT2D eigenvalue weighted by Gasteiger charge is -2.33. The number of hydrogen-bond acceptors (Lipinski definition) is 3. The van der Waals surface area contributed by atoms with Crippen LogP contribution in [0.3, 0.4) is 0 Å². The lowest BCUT2D eigenvalue weighted by molar-refractivity contribution is -0.0231.